The summed E-state index contributed by atoms with van der Waals surface area (Å²) in [5, 5.41) is 21.4. The smallest absolute Gasteiger partial charge is 0.475 e. The lowest BCUT2D eigenvalue weighted by atomic mass is 9.75. The van der Waals surface area contributed by atoms with Crippen molar-refractivity contribution in [1.29, 1.82) is 0 Å². The van der Waals surface area contributed by atoms with Crippen LogP contribution in [0.15, 0.2) is 55.2 Å². The Hall–Kier alpha value is -5.28. The molecule has 0 radical (unpaired) electrons. The topological polar surface area (TPSA) is 179 Å². The van der Waals surface area contributed by atoms with Crippen LogP contribution in [0.3, 0.4) is 0 Å². The predicted molar refractivity (Wildman–Crippen MR) is 167 cm³/mol. The van der Waals surface area contributed by atoms with Crippen molar-refractivity contribution < 1.29 is 74.0 Å². The average Bonchev–Trinajstić information content (AvgIpc) is 3.76. The Morgan fingerprint density at radius 1 is 0.870 bits per heavy atom. The van der Waals surface area contributed by atoms with E-state index in [-0.39, 0.29) is 11.8 Å². The molecule has 0 aromatic carbocycles. The molecule has 2 atom stereocenters. The van der Waals surface area contributed by atoms with Gasteiger partial charge in [0.1, 0.15) is 0 Å². The van der Waals surface area contributed by atoms with Crippen molar-refractivity contribution in [3.63, 3.8) is 0 Å². The van der Waals surface area contributed by atoms with Crippen LogP contribution in [-0.4, -0.2) is 107 Å². The van der Waals surface area contributed by atoms with Crippen LogP contribution in [0.25, 0.3) is 0 Å². The van der Waals surface area contributed by atoms with Gasteiger partial charge in [-0.15, -0.1) is 0 Å². The molecule has 1 spiro atoms. The van der Waals surface area contributed by atoms with Crippen molar-refractivity contribution in [3.8, 4) is 0 Å². The average molecular weight is 787 g/mol. The van der Waals surface area contributed by atoms with Gasteiger partial charge in [0.05, 0.1) is 23.1 Å². The maximum Gasteiger partial charge on any atom is 0.490 e. The summed E-state index contributed by atoms with van der Waals surface area (Å²) in [5.41, 5.74) is 3.79. The zero-order chi connectivity index (χ0) is 41.2. The number of amides is 1. The van der Waals surface area contributed by atoms with Gasteiger partial charge in [-0.25, -0.2) is 19.4 Å². The van der Waals surface area contributed by atoms with Crippen molar-refractivity contribution in [3.05, 3.63) is 77.9 Å². The van der Waals surface area contributed by atoms with Gasteiger partial charge < -0.3 is 24.8 Å². The molecule has 22 heteroatoms. The van der Waals surface area contributed by atoms with E-state index < -0.39 is 41.9 Å². The van der Waals surface area contributed by atoms with E-state index in [1.807, 2.05) is 36.4 Å². The minimum atomic E-state index is -5.08. The zero-order valence-electron chi connectivity index (χ0n) is 28.7. The summed E-state index contributed by atoms with van der Waals surface area (Å²) in [7, 11) is 0. The van der Waals surface area contributed by atoms with Gasteiger partial charge in [-0.3, -0.25) is 19.7 Å². The van der Waals surface area contributed by atoms with Crippen LogP contribution in [0.4, 0.5) is 39.5 Å². The van der Waals surface area contributed by atoms with Crippen LogP contribution in [-0.2, 0) is 32.3 Å². The van der Waals surface area contributed by atoms with Crippen LogP contribution in [0.1, 0.15) is 54.9 Å². The zero-order valence-corrected chi connectivity index (χ0v) is 28.7. The van der Waals surface area contributed by atoms with Crippen molar-refractivity contribution in [2.24, 2.45) is 5.41 Å². The normalized spacial score (nSPS) is 18.6. The fourth-order valence-corrected chi connectivity index (χ4v) is 5.42. The van der Waals surface area contributed by atoms with Gasteiger partial charge in [0.25, 0.3) is 0 Å². The molecule has 5 rings (SSSR count). The summed E-state index contributed by atoms with van der Waals surface area (Å²) >= 11 is 0. The fraction of sp³-hybridized carbons (Fsp3) is 0.469. The number of hydrogen-bond acceptors (Lipinski definition) is 8. The Kier molecular flexibility index (Phi) is 15.1. The first-order valence-electron chi connectivity index (χ1n) is 15.5. The molecule has 2 unspecified atom stereocenters. The third-order valence-electron chi connectivity index (χ3n) is 7.91. The SMILES string of the molecule is Cc1cccc(CN2CC(c3cn(C(C)C)cn3)C3(CCN(Cc4ccncc4)C3=O)C2)n1.O=C(O)C(F)(F)F.O=C(O)C(F)(F)F.O=C(O)C(F)(F)F. The van der Waals surface area contributed by atoms with Gasteiger partial charge in [-0.1, -0.05) is 6.07 Å². The van der Waals surface area contributed by atoms with Crippen molar-refractivity contribution in [2.75, 3.05) is 19.6 Å². The van der Waals surface area contributed by atoms with E-state index in [4.69, 9.17) is 39.7 Å². The second kappa shape index (κ2) is 18.2. The molecule has 3 N–H and O–H groups in total. The molecule has 2 fully saturated rings. The lowest BCUT2D eigenvalue weighted by molar-refractivity contribution is -0.193. The molecule has 2 saturated heterocycles. The Morgan fingerprint density at radius 3 is 1.83 bits per heavy atom. The van der Waals surface area contributed by atoms with Crippen molar-refractivity contribution in [2.45, 2.75) is 70.8 Å². The second-order valence-electron chi connectivity index (χ2n) is 12.2. The number of carboxylic acid groups (broad SMARTS) is 3. The van der Waals surface area contributed by atoms with E-state index >= 15 is 0 Å². The molecule has 5 heterocycles. The van der Waals surface area contributed by atoms with Crippen LogP contribution in [0, 0.1) is 12.3 Å². The Labute approximate surface area is 301 Å². The van der Waals surface area contributed by atoms with Gasteiger partial charge in [-0.05, 0) is 57.0 Å². The largest absolute Gasteiger partial charge is 0.490 e. The summed E-state index contributed by atoms with van der Waals surface area (Å²) < 4.78 is 97.3. The number of carbonyl (C=O) groups excluding carboxylic acids is 1. The molecule has 3 aromatic rings. The molecule has 0 saturated carbocycles. The third kappa shape index (κ3) is 13.0. The standard InChI is InChI=1S/C26H32N6O.3C2HF3O2/c1-19(2)32-16-24(28-18-32)23-15-30(14-22-6-4-5-20(3)29-22)17-26(23)9-12-31(25(26)33)13-21-7-10-27-11-8-21;3*3-2(4,5)1(6)7/h4-8,10-11,16,18-19,23H,9,12-15,17H2,1-3H3;3*(H,6,7). The van der Waals surface area contributed by atoms with Crippen LogP contribution < -0.4 is 0 Å². The highest BCUT2D eigenvalue weighted by molar-refractivity contribution is 5.87. The molecule has 54 heavy (non-hydrogen) atoms. The number of hydrogen-bond donors (Lipinski definition) is 3. The molecule has 2 aliphatic rings. The molecular weight excluding hydrogens is 751 g/mol. The molecule has 3 aromatic heterocycles. The third-order valence-corrected chi connectivity index (χ3v) is 7.91. The van der Waals surface area contributed by atoms with Gasteiger partial charge in [-0.2, -0.15) is 39.5 Å². The number of imidazole rings is 1. The first-order chi connectivity index (χ1) is 24.8. The number of halogens is 9. The van der Waals surface area contributed by atoms with Gasteiger partial charge >= 0.3 is 36.4 Å². The van der Waals surface area contributed by atoms with E-state index in [1.54, 1.807) is 12.4 Å². The summed E-state index contributed by atoms with van der Waals surface area (Å²) in [6.07, 6.45) is -6.76. The second-order valence-corrected chi connectivity index (χ2v) is 12.2. The quantitative estimate of drug-likeness (QED) is 0.270. The number of aliphatic carboxylic acids is 3. The molecule has 298 valence electrons. The predicted octanol–water partition coefficient (Wildman–Crippen LogP) is 5.48. The van der Waals surface area contributed by atoms with Crippen molar-refractivity contribution in [1.82, 2.24) is 29.3 Å². The lowest BCUT2D eigenvalue weighted by Crippen LogP contribution is -2.39. The molecule has 13 nitrogen and oxygen atoms in total. The Bertz CT molecular complexity index is 1680. The van der Waals surface area contributed by atoms with Gasteiger partial charge in [0, 0.05) is 69.0 Å². The number of nitrogens with zero attached hydrogens (tertiary/aromatic N) is 6. The number of likely N-dealkylation sites (tertiary alicyclic amines) is 2. The highest BCUT2D eigenvalue weighted by atomic mass is 19.4. The maximum atomic E-state index is 13.9. The highest BCUT2D eigenvalue weighted by Crippen LogP contribution is 2.50. The maximum absolute atomic E-state index is 13.9. The van der Waals surface area contributed by atoms with E-state index in [0.29, 0.717) is 12.6 Å². The molecule has 0 aliphatic carbocycles. The minimum absolute atomic E-state index is 0.0808. The number of carboxylic acids is 3. The minimum Gasteiger partial charge on any atom is -0.475 e. The summed E-state index contributed by atoms with van der Waals surface area (Å²) in [4.78, 5) is 58.6. The fourth-order valence-electron chi connectivity index (χ4n) is 5.42. The van der Waals surface area contributed by atoms with Gasteiger partial charge in [0.2, 0.25) is 5.91 Å². The van der Waals surface area contributed by atoms with E-state index in [0.717, 1.165) is 55.2 Å². The number of carbonyl (C=O) groups is 4. The highest BCUT2D eigenvalue weighted by Gasteiger charge is 2.57. The van der Waals surface area contributed by atoms with Crippen molar-refractivity contribution >= 4 is 23.8 Å². The Morgan fingerprint density at radius 2 is 1.39 bits per heavy atom. The number of pyridine rings is 2. The summed E-state index contributed by atoms with van der Waals surface area (Å²) in [5.74, 6) is -7.94. The molecule has 1 amide bonds. The number of rotatable bonds is 6. The van der Waals surface area contributed by atoms with Crippen LogP contribution >= 0.6 is 0 Å². The molecule has 2 aliphatic heterocycles. The van der Waals surface area contributed by atoms with Crippen LogP contribution in [0.2, 0.25) is 0 Å². The van der Waals surface area contributed by atoms with Gasteiger partial charge in [0.15, 0.2) is 0 Å². The number of aromatic nitrogens is 4. The van der Waals surface area contributed by atoms with E-state index in [9.17, 15) is 44.3 Å². The summed E-state index contributed by atoms with van der Waals surface area (Å²) in [6, 6.07) is 10.5. The molecular formula is C32H35F9N6O7. The number of aryl methyl sites for hydroxylation is 1. The monoisotopic (exact) mass is 786 g/mol. The van der Waals surface area contributed by atoms with E-state index in [2.05, 4.69) is 46.6 Å². The number of alkyl halides is 9. The Balaban J connectivity index is 0.000000393. The first kappa shape index (κ1) is 44.9. The van der Waals surface area contributed by atoms with E-state index in [1.165, 1.54) is 0 Å². The first-order valence-corrected chi connectivity index (χ1v) is 15.5. The summed E-state index contributed by atoms with van der Waals surface area (Å²) in [6.45, 7) is 10.1. The van der Waals surface area contributed by atoms with Crippen LogP contribution in [0.5, 0.6) is 0 Å². The lowest BCUT2D eigenvalue weighted by Gasteiger charge is -2.28. The molecule has 0 bridgehead atoms.